The quantitative estimate of drug-likeness (QED) is 0.154. The molecule has 16 N–H and O–H groups in total. The van der Waals surface area contributed by atoms with Crippen LogP contribution < -0.4 is 0 Å². The molecule has 27 heteroatoms. The minimum absolute atomic E-state index is 0. The van der Waals surface area contributed by atoms with E-state index < -0.39 is 49.2 Å². The maximum Gasteiger partial charge on any atom is 0.503 e. The molecular weight excluding hydrogens is 553 g/mol. The molecule has 0 aromatic carbocycles. The molecule has 35 heavy (non-hydrogen) atoms. The van der Waals surface area contributed by atoms with Gasteiger partial charge < -0.3 is 81.7 Å². The molecule has 0 bridgehead atoms. The molecule has 0 atom stereocenters. The van der Waals surface area contributed by atoms with E-state index in [-0.39, 0.29) is 69.2 Å². The van der Waals surface area contributed by atoms with Crippen molar-refractivity contribution in [3.05, 3.63) is 0 Å². The van der Waals surface area contributed by atoms with E-state index in [4.69, 9.17) is 120 Å². The van der Waals surface area contributed by atoms with Crippen molar-refractivity contribution >= 4 is 118 Å². The van der Waals surface area contributed by atoms with Crippen molar-refractivity contribution in [2.24, 2.45) is 0 Å². The molecule has 24 nitrogen and oxygen atoms in total. The zero-order valence-corrected chi connectivity index (χ0v) is 14.4. The minimum atomic E-state index is -1.83. The van der Waals surface area contributed by atoms with Crippen LogP contribution in [0.2, 0.25) is 0 Å². The normalized spacial score (nSPS) is 5.49. The average molecular weight is 575 g/mol. The zero-order chi connectivity index (χ0) is 28.6. The van der Waals surface area contributed by atoms with Crippen molar-refractivity contribution in [2.45, 2.75) is 0 Å². The van der Waals surface area contributed by atoms with Gasteiger partial charge in [0.05, 0.1) is 0 Å². The average Bonchev–Trinajstić information content (AvgIpc) is 2.30. The third kappa shape index (κ3) is 1970. The Morgan fingerprint density at radius 3 is 0.200 bits per heavy atom. The fraction of sp³-hybridized carbons (Fsp3) is 0. The van der Waals surface area contributed by atoms with Crippen LogP contribution >= 0.6 is 0 Å². The van der Waals surface area contributed by atoms with Gasteiger partial charge in [0.25, 0.3) is 0 Å². The molecular formula is C8H22Mg3O24. The summed E-state index contributed by atoms with van der Waals surface area (Å²) in [7, 11) is 0. The van der Waals surface area contributed by atoms with E-state index in [2.05, 4.69) is 0 Å². The van der Waals surface area contributed by atoms with Crippen LogP contribution in [0.25, 0.3) is 0 Å². The number of carbonyl (C=O) groups is 8. The van der Waals surface area contributed by atoms with Gasteiger partial charge >= 0.3 is 118 Å². The Morgan fingerprint density at radius 1 is 0.200 bits per heavy atom. The molecule has 0 aromatic rings. The molecule has 0 saturated carbocycles. The van der Waals surface area contributed by atoms with E-state index in [0.29, 0.717) is 0 Å². The van der Waals surface area contributed by atoms with Crippen LogP contribution in [0, 0.1) is 0 Å². The van der Waals surface area contributed by atoms with E-state index in [0.717, 1.165) is 0 Å². The number of hydrogen-bond acceptors (Lipinski definition) is 8. The van der Waals surface area contributed by atoms with Crippen LogP contribution in [0.15, 0.2) is 0 Å². The van der Waals surface area contributed by atoms with Gasteiger partial charge in [0, 0.05) is 0 Å². The van der Waals surface area contributed by atoms with Crippen LogP contribution in [0.4, 0.5) is 38.4 Å². The van der Waals surface area contributed by atoms with Crippen LogP contribution in [0.1, 0.15) is 0 Å². The maximum absolute atomic E-state index is 8.56. The third-order valence-corrected chi connectivity index (χ3v) is 0. The Morgan fingerprint density at radius 2 is 0.200 bits per heavy atom. The first kappa shape index (κ1) is 69.7. The zero-order valence-electron chi connectivity index (χ0n) is 14.4. The second kappa shape index (κ2) is 63.2. The van der Waals surface area contributed by atoms with E-state index >= 15 is 0 Å². The number of rotatable bonds is 0. The molecule has 0 radical (unpaired) electrons. The highest BCUT2D eigenvalue weighted by Crippen LogP contribution is 1.45. The van der Waals surface area contributed by atoms with E-state index in [1.165, 1.54) is 0 Å². The molecule has 0 aliphatic heterocycles. The summed E-state index contributed by atoms with van der Waals surface area (Å²) in [5.41, 5.74) is 0. The van der Waals surface area contributed by atoms with Gasteiger partial charge in [-0.25, -0.2) is 38.4 Å². The molecule has 0 amide bonds. The largest absolute Gasteiger partial charge is 0.503 e. The highest BCUT2D eigenvalue weighted by molar-refractivity contribution is 5.76. The smallest absolute Gasteiger partial charge is 0.450 e. The molecule has 0 aromatic heterocycles. The van der Waals surface area contributed by atoms with Gasteiger partial charge in [0.2, 0.25) is 0 Å². The van der Waals surface area contributed by atoms with Crippen LogP contribution in [-0.4, -0.2) is 200 Å². The Bertz CT molecular complexity index is 369. The predicted molar refractivity (Wildman–Crippen MR) is 111 cm³/mol. The summed E-state index contributed by atoms with van der Waals surface area (Å²) >= 11 is 0. The van der Waals surface area contributed by atoms with E-state index in [1.807, 2.05) is 0 Å². The minimum Gasteiger partial charge on any atom is -0.450 e. The van der Waals surface area contributed by atoms with Crippen molar-refractivity contribution < 1.29 is 120 Å². The number of hydrogen-bond donors (Lipinski definition) is 16. The fourth-order valence-electron chi connectivity index (χ4n) is 0. The summed E-state index contributed by atoms with van der Waals surface area (Å²) in [6.07, 6.45) is -14.7. The van der Waals surface area contributed by atoms with Crippen molar-refractivity contribution in [2.75, 3.05) is 0 Å². The molecule has 0 saturated heterocycles. The molecule has 0 heterocycles. The van der Waals surface area contributed by atoms with Crippen molar-refractivity contribution in [1.82, 2.24) is 0 Å². The first-order valence-electron chi connectivity index (χ1n) is 5.21. The van der Waals surface area contributed by atoms with Crippen molar-refractivity contribution in [3.63, 3.8) is 0 Å². The van der Waals surface area contributed by atoms with Gasteiger partial charge in [-0.2, -0.15) is 0 Å². The van der Waals surface area contributed by atoms with Gasteiger partial charge in [-0.1, -0.05) is 0 Å². The summed E-state index contributed by atoms with van der Waals surface area (Å²) in [6.45, 7) is 0. The lowest BCUT2D eigenvalue weighted by Gasteiger charge is -1.60. The highest BCUT2D eigenvalue weighted by atomic mass is 24.3. The Kier molecular flexibility index (Phi) is 126. The first-order chi connectivity index (χ1) is 13.9. The van der Waals surface area contributed by atoms with E-state index in [1.54, 1.807) is 0 Å². The summed E-state index contributed by atoms with van der Waals surface area (Å²) in [6, 6.07) is 0. The molecule has 0 spiro atoms. The van der Waals surface area contributed by atoms with Gasteiger partial charge in [-0.15, -0.1) is 0 Å². The predicted octanol–water partition coefficient (Wildman–Crippen LogP) is -0.969. The number of carboxylic acid groups (broad SMARTS) is 16. The summed E-state index contributed by atoms with van der Waals surface area (Å²) in [5.74, 6) is 0. The SMILES string of the molecule is O=C(O)O.O=C(O)O.O=C(O)O.O=C(O)O.O=C(O)O.O=C(O)O.O=C(O)O.O=C(O)O.[MgH2].[MgH2].[MgH2]. The molecule has 0 aliphatic rings. The van der Waals surface area contributed by atoms with Crippen LogP contribution in [0.3, 0.4) is 0 Å². The highest BCUT2D eigenvalue weighted by Gasteiger charge is 1.72. The molecule has 0 aliphatic carbocycles. The second-order valence-corrected chi connectivity index (χ2v) is 2.26. The van der Waals surface area contributed by atoms with Gasteiger partial charge in [-0.05, 0) is 0 Å². The lowest BCUT2D eigenvalue weighted by atomic mass is 11.5. The van der Waals surface area contributed by atoms with Gasteiger partial charge in [-0.3, -0.25) is 0 Å². The summed E-state index contributed by atoms with van der Waals surface area (Å²) in [4.78, 5) is 68.4. The monoisotopic (exact) mass is 574 g/mol. The van der Waals surface area contributed by atoms with Crippen LogP contribution in [0.5, 0.6) is 0 Å². The standard InChI is InChI=1S/8CH2O3.3Mg.6H/c8*2-1(3)4;;;;;;;;;/h8*(H2,2,3,4);;;;;;;;;. The molecule has 204 valence electrons. The van der Waals surface area contributed by atoms with Gasteiger partial charge in [0.1, 0.15) is 0 Å². The Labute approximate surface area is 237 Å². The molecule has 0 fully saturated rings. The lowest BCUT2D eigenvalue weighted by molar-refractivity contribution is 0.135. The Hall–Kier alpha value is -3.54. The summed E-state index contributed by atoms with van der Waals surface area (Å²) in [5, 5.41) is 112. The summed E-state index contributed by atoms with van der Waals surface area (Å²) < 4.78 is 0. The maximum atomic E-state index is 8.56. The van der Waals surface area contributed by atoms with E-state index in [9.17, 15) is 0 Å². The topological polar surface area (TPSA) is 460 Å². The van der Waals surface area contributed by atoms with Crippen molar-refractivity contribution in [3.8, 4) is 0 Å². The van der Waals surface area contributed by atoms with Crippen molar-refractivity contribution in [1.29, 1.82) is 0 Å². The van der Waals surface area contributed by atoms with Gasteiger partial charge in [0.15, 0.2) is 0 Å². The first-order valence-corrected chi connectivity index (χ1v) is 5.21. The second-order valence-electron chi connectivity index (χ2n) is 2.26. The molecule has 0 rings (SSSR count). The molecule has 0 unspecified atom stereocenters. The fourth-order valence-corrected chi connectivity index (χ4v) is 0. The Balaban J connectivity index is -0.0000000206. The van der Waals surface area contributed by atoms with Crippen LogP contribution in [-0.2, 0) is 0 Å². The third-order valence-electron chi connectivity index (χ3n) is 0. The lowest BCUT2D eigenvalue weighted by Crippen LogP contribution is -1.81.